The van der Waals surface area contributed by atoms with Gasteiger partial charge in [-0.1, -0.05) is 6.07 Å². The molecule has 4 heteroatoms. The van der Waals surface area contributed by atoms with Gasteiger partial charge >= 0.3 is 5.97 Å². The molecule has 2 N–H and O–H groups in total. The van der Waals surface area contributed by atoms with Crippen molar-refractivity contribution in [2.75, 3.05) is 12.3 Å². The summed E-state index contributed by atoms with van der Waals surface area (Å²) in [6.45, 7) is 5.68. The van der Waals surface area contributed by atoms with E-state index in [-0.39, 0.29) is 6.61 Å². The van der Waals surface area contributed by atoms with E-state index in [1.807, 2.05) is 20.8 Å². The van der Waals surface area contributed by atoms with Crippen LogP contribution in [0.25, 0.3) is 0 Å². The Balaban J connectivity index is 2.62. The first kappa shape index (κ1) is 14.0. The minimum Gasteiger partial charge on any atom is -0.462 e. The van der Waals surface area contributed by atoms with Gasteiger partial charge in [0.1, 0.15) is 0 Å². The van der Waals surface area contributed by atoms with Gasteiger partial charge in [0.15, 0.2) is 0 Å². The van der Waals surface area contributed by atoms with Crippen LogP contribution in [0.15, 0.2) is 18.2 Å². The van der Waals surface area contributed by atoms with Crippen LogP contribution in [0.3, 0.4) is 0 Å². The molecule has 0 heterocycles. The van der Waals surface area contributed by atoms with E-state index in [1.165, 1.54) is 0 Å². The number of nitriles is 1. The fourth-order valence-corrected chi connectivity index (χ4v) is 1.39. The lowest BCUT2D eigenvalue weighted by Crippen LogP contribution is -2.15. The molecule has 0 atom stereocenters. The van der Waals surface area contributed by atoms with E-state index in [0.717, 1.165) is 5.56 Å². The summed E-state index contributed by atoms with van der Waals surface area (Å²) < 4.78 is 5.16. The van der Waals surface area contributed by atoms with Gasteiger partial charge < -0.3 is 10.5 Å². The van der Waals surface area contributed by atoms with Crippen molar-refractivity contribution < 1.29 is 9.53 Å². The SMILES string of the molecule is Cc1ccc(N)cc1C(=O)OCCC(C)(C)C#N. The van der Waals surface area contributed by atoms with Crippen molar-refractivity contribution in [3.8, 4) is 6.07 Å². The molecule has 0 fully saturated rings. The number of rotatable bonds is 4. The summed E-state index contributed by atoms with van der Waals surface area (Å²) in [6.07, 6.45) is 0.511. The molecule has 1 aromatic carbocycles. The zero-order chi connectivity index (χ0) is 13.8. The van der Waals surface area contributed by atoms with Crippen molar-refractivity contribution in [3.63, 3.8) is 0 Å². The van der Waals surface area contributed by atoms with Gasteiger partial charge in [-0.15, -0.1) is 0 Å². The molecule has 18 heavy (non-hydrogen) atoms. The number of hydrogen-bond acceptors (Lipinski definition) is 4. The average Bonchev–Trinajstić information content (AvgIpc) is 2.32. The minimum atomic E-state index is -0.481. The second-order valence-electron chi connectivity index (χ2n) is 4.96. The van der Waals surface area contributed by atoms with E-state index in [9.17, 15) is 4.79 Å². The summed E-state index contributed by atoms with van der Waals surface area (Å²) in [5.74, 6) is -0.395. The van der Waals surface area contributed by atoms with Crippen LogP contribution >= 0.6 is 0 Å². The molecule has 0 amide bonds. The summed E-state index contributed by atoms with van der Waals surface area (Å²) in [5.41, 5.74) is 6.99. The molecule has 0 saturated carbocycles. The van der Waals surface area contributed by atoms with Crippen LogP contribution < -0.4 is 5.73 Å². The van der Waals surface area contributed by atoms with Gasteiger partial charge in [0.25, 0.3) is 0 Å². The van der Waals surface area contributed by atoms with Crippen LogP contribution in [-0.2, 0) is 4.74 Å². The van der Waals surface area contributed by atoms with Crippen LogP contribution in [0.5, 0.6) is 0 Å². The Kier molecular flexibility index (Phi) is 4.33. The van der Waals surface area contributed by atoms with Gasteiger partial charge in [-0.3, -0.25) is 0 Å². The Morgan fingerprint density at radius 3 is 2.78 bits per heavy atom. The Morgan fingerprint density at radius 1 is 1.50 bits per heavy atom. The number of hydrogen-bond donors (Lipinski definition) is 1. The number of nitrogens with two attached hydrogens (primary N) is 1. The van der Waals surface area contributed by atoms with E-state index in [2.05, 4.69) is 6.07 Å². The molecule has 0 aliphatic carbocycles. The highest BCUT2D eigenvalue weighted by atomic mass is 16.5. The fraction of sp³-hybridized carbons (Fsp3) is 0.429. The van der Waals surface area contributed by atoms with Crippen molar-refractivity contribution in [1.29, 1.82) is 5.26 Å². The van der Waals surface area contributed by atoms with Crippen LogP contribution in [0.2, 0.25) is 0 Å². The van der Waals surface area contributed by atoms with Crippen LogP contribution in [0.4, 0.5) is 5.69 Å². The minimum absolute atomic E-state index is 0.230. The second kappa shape index (κ2) is 5.54. The van der Waals surface area contributed by atoms with Crippen LogP contribution in [0.1, 0.15) is 36.2 Å². The maximum Gasteiger partial charge on any atom is 0.338 e. The molecule has 0 bridgehead atoms. The molecule has 1 rings (SSSR count). The molecule has 0 saturated heterocycles. The van der Waals surface area contributed by atoms with Gasteiger partial charge in [-0.05, 0) is 44.9 Å². The summed E-state index contributed by atoms with van der Waals surface area (Å²) in [7, 11) is 0. The molecule has 0 unspecified atom stereocenters. The summed E-state index contributed by atoms with van der Waals surface area (Å²) >= 11 is 0. The monoisotopic (exact) mass is 246 g/mol. The van der Waals surface area contributed by atoms with Gasteiger partial charge in [0.2, 0.25) is 0 Å². The highest BCUT2D eigenvalue weighted by Gasteiger charge is 2.18. The van der Waals surface area contributed by atoms with Crippen molar-refractivity contribution in [1.82, 2.24) is 0 Å². The van der Waals surface area contributed by atoms with E-state index in [4.69, 9.17) is 15.7 Å². The quantitative estimate of drug-likeness (QED) is 0.654. The van der Waals surface area contributed by atoms with E-state index in [1.54, 1.807) is 18.2 Å². The lowest BCUT2D eigenvalue weighted by atomic mass is 9.92. The number of nitrogens with zero attached hydrogens (tertiary/aromatic N) is 1. The molecule has 0 spiro atoms. The maximum absolute atomic E-state index is 11.8. The molecule has 0 aromatic heterocycles. The first-order valence-electron chi connectivity index (χ1n) is 5.80. The Labute approximate surface area is 107 Å². The number of ether oxygens (including phenoxy) is 1. The lowest BCUT2D eigenvalue weighted by molar-refractivity contribution is 0.0474. The van der Waals surface area contributed by atoms with Gasteiger partial charge in [0.05, 0.1) is 23.7 Å². The second-order valence-corrected chi connectivity index (χ2v) is 4.96. The smallest absolute Gasteiger partial charge is 0.338 e. The van der Waals surface area contributed by atoms with E-state index in [0.29, 0.717) is 17.7 Å². The highest BCUT2D eigenvalue weighted by Crippen LogP contribution is 2.19. The molecular formula is C14H18N2O2. The third-order valence-electron chi connectivity index (χ3n) is 2.74. The summed E-state index contributed by atoms with van der Waals surface area (Å²) in [4.78, 5) is 11.8. The van der Waals surface area contributed by atoms with Crippen molar-refractivity contribution in [2.45, 2.75) is 27.2 Å². The van der Waals surface area contributed by atoms with Crippen LogP contribution in [0, 0.1) is 23.7 Å². The predicted molar refractivity (Wildman–Crippen MR) is 69.9 cm³/mol. The normalized spacial score (nSPS) is 10.8. The molecular weight excluding hydrogens is 228 g/mol. The van der Waals surface area contributed by atoms with Crippen molar-refractivity contribution in [2.24, 2.45) is 5.41 Å². The Bertz CT molecular complexity index is 487. The number of nitrogen functional groups attached to an aromatic ring is 1. The molecule has 0 radical (unpaired) electrons. The first-order valence-corrected chi connectivity index (χ1v) is 5.80. The number of anilines is 1. The van der Waals surface area contributed by atoms with Crippen molar-refractivity contribution in [3.05, 3.63) is 29.3 Å². The molecule has 0 aliphatic heterocycles. The standard InChI is InChI=1S/C14H18N2O2/c1-10-4-5-11(16)8-12(10)13(17)18-7-6-14(2,3)9-15/h4-5,8H,6-7,16H2,1-3H3. The largest absolute Gasteiger partial charge is 0.462 e. The number of benzene rings is 1. The number of carbonyl (C=O) groups is 1. The zero-order valence-corrected chi connectivity index (χ0v) is 11.0. The third-order valence-corrected chi connectivity index (χ3v) is 2.74. The van der Waals surface area contributed by atoms with E-state index < -0.39 is 11.4 Å². The first-order chi connectivity index (χ1) is 8.35. The Hall–Kier alpha value is -2.02. The third kappa shape index (κ3) is 3.77. The lowest BCUT2D eigenvalue weighted by Gasteiger charge is -2.15. The van der Waals surface area contributed by atoms with Gasteiger partial charge in [-0.25, -0.2) is 4.79 Å². The molecule has 1 aromatic rings. The fourth-order valence-electron chi connectivity index (χ4n) is 1.39. The molecule has 4 nitrogen and oxygen atoms in total. The van der Waals surface area contributed by atoms with Crippen molar-refractivity contribution >= 4 is 11.7 Å². The van der Waals surface area contributed by atoms with Gasteiger partial charge in [-0.2, -0.15) is 5.26 Å². The topological polar surface area (TPSA) is 76.1 Å². The molecule has 96 valence electrons. The van der Waals surface area contributed by atoms with E-state index >= 15 is 0 Å². The number of aryl methyl sites for hydroxylation is 1. The number of carbonyl (C=O) groups excluding carboxylic acids is 1. The maximum atomic E-state index is 11.8. The summed E-state index contributed by atoms with van der Waals surface area (Å²) in [5, 5.41) is 8.85. The summed E-state index contributed by atoms with van der Waals surface area (Å²) in [6, 6.07) is 7.29. The van der Waals surface area contributed by atoms with Gasteiger partial charge in [0, 0.05) is 5.69 Å². The average molecular weight is 246 g/mol. The zero-order valence-electron chi connectivity index (χ0n) is 11.0. The number of esters is 1. The molecule has 0 aliphatic rings. The predicted octanol–water partition coefficient (Wildman–Crippen LogP) is 2.67. The highest BCUT2D eigenvalue weighted by molar-refractivity contribution is 5.92. The van der Waals surface area contributed by atoms with Crippen LogP contribution in [-0.4, -0.2) is 12.6 Å². The Morgan fingerprint density at radius 2 is 2.17 bits per heavy atom.